The van der Waals surface area contributed by atoms with Crippen molar-refractivity contribution in [3.63, 3.8) is 0 Å². The van der Waals surface area contributed by atoms with Gasteiger partial charge < -0.3 is 4.57 Å². The van der Waals surface area contributed by atoms with Crippen LogP contribution in [0.4, 0.5) is 5.69 Å². The number of ketones is 1. The number of anilines is 1. The largest absolute Gasteiger partial charge is 0.339 e. The number of nitrogens with zero attached hydrogens (tertiary/aromatic N) is 3. The molecule has 0 fully saturated rings. The Bertz CT molecular complexity index is 780. The van der Waals surface area contributed by atoms with E-state index in [0.29, 0.717) is 11.3 Å². The van der Waals surface area contributed by atoms with E-state index >= 15 is 0 Å². The van der Waals surface area contributed by atoms with Crippen LogP contribution in [0.3, 0.4) is 0 Å². The van der Waals surface area contributed by atoms with Gasteiger partial charge in [0.15, 0.2) is 10.8 Å². The molecule has 0 saturated heterocycles. The van der Waals surface area contributed by atoms with E-state index in [-0.39, 0.29) is 23.8 Å². The summed E-state index contributed by atoms with van der Waals surface area (Å²) in [5.74, 6) is -0.0342. The molecule has 7 heteroatoms. The number of fused-ring (bicyclic) bond motifs is 1. The number of hydrogen-bond acceptors (Lipinski definition) is 4. The van der Waals surface area contributed by atoms with Gasteiger partial charge in [-0.2, -0.15) is 8.42 Å². The standard InChI is InChI=1S/C13H13N3O3S/c1-15-8-13(14-9-15)20(18,19)16-7-6-12(17)10-4-2-3-5-11(10)16/h2-5,8-9H,6-7H2,1H3. The lowest BCUT2D eigenvalue weighted by Gasteiger charge is -2.28. The second-order valence-corrected chi connectivity index (χ2v) is 6.45. The van der Waals surface area contributed by atoms with Crippen LogP contribution in [0, 0.1) is 0 Å². The fourth-order valence-electron chi connectivity index (χ4n) is 2.27. The average Bonchev–Trinajstić information content (AvgIpc) is 2.87. The Morgan fingerprint density at radius 3 is 2.70 bits per heavy atom. The molecule has 3 rings (SSSR count). The molecular formula is C13H13N3O3S. The minimum atomic E-state index is -3.73. The third-order valence-electron chi connectivity index (χ3n) is 3.25. The highest BCUT2D eigenvalue weighted by Gasteiger charge is 2.33. The van der Waals surface area contributed by atoms with Crippen molar-refractivity contribution < 1.29 is 13.2 Å². The van der Waals surface area contributed by atoms with Crippen LogP contribution >= 0.6 is 0 Å². The number of para-hydroxylation sites is 1. The summed E-state index contributed by atoms with van der Waals surface area (Å²) in [6.07, 6.45) is 3.07. The number of aryl methyl sites for hydroxylation is 1. The van der Waals surface area contributed by atoms with Gasteiger partial charge >= 0.3 is 0 Å². The van der Waals surface area contributed by atoms with Crippen molar-refractivity contribution >= 4 is 21.5 Å². The molecule has 0 N–H and O–H groups in total. The number of Topliss-reactive ketones (excluding diaryl/α,β-unsaturated/α-hetero) is 1. The molecule has 2 aromatic rings. The van der Waals surface area contributed by atoms with Crippen LogP contribution in [-0.4, -0.2) is 30.3 Å². The van der Waals surface area contributed by atoms with Gasteiger partial charge in [0.25, 0.3) is 10.0 Å². The fourth-order valence-corrected chi connectivity index (χ4v) is 3.73. The predicted octanol–water partition coefficient (Wildman–Crippen LogP) is 1.20. The van der Waals surface area contributed by atoms with E-state index in [1.807, 2.05) is 0 Å². The first-order valence-corrected chi connectivity index (χ1v) is 7.57. The lowest BCUT2D eigenvalue weighted by atomic mass is 10.0. The van der Waals surface area contributed by atoms with Crippen LogP contribution in [-0.2, 0) is 17.1 Å². The Labute approximate surface area is 116 Å². The zero-order valence-electron chi connectivity index (χ0n) is 10.9. The molecule has 0 saturated carbocycles. The highest BCUT2D eigenvalue weighted by Crippen LogP contribution is 2.31. The molecule has 0 amide bonds. The number of rotatable bonds is 2. The Balaban J connectivity index is 2.12. The van der Waals surface area contributed by atoms with Gasteiger partial charge in [-0.25, -0.2) is 4.98 Å². The first kappa shape index (κ1) is 12.9. The molecular weight excluding hydrogens is 278 g/mol. The monoisotopic (exact) mass is 291 g/mol. The van der Waals surface area contributed by atoms with Gasteiger partial charge in [0, 0.05) is 31.8 Å². The number of sulfonamides is 1. The van der Waals surface area contributed by atoms with Crippen LogP contribution < -0.4 is 4.31 Å². The second kappa shape index (κ2) is 4.45. The molecule has 0 atom stereocenters. The number of hydrogen-bond donors (Lipinski definition) is 0. The zero-order valence-corrected chi connectivity index (χ0v) is 11.7. The van der Waals surface area contributed by atoms with E-state index in [0.717, 1.165) is 0 Å². The fraction of sp³-hybridized carbons (Fsp3) is 0.231. The topological polar surface area (TPSA) is 72.3 Å². The maximum atomic E-state index is 12.6. The van der Waals surface area contributed by atoms with Crippen molar-refractivity contribution in [1.82, 2.24) is 9.55 Å². The van der Waals surface area contributed by atoms with Crippen LogP contribution in [0.15, 0.2) is 41.8 Å². The minimum Gasteiger partial charge on any atom is -0.339 e. The van der Waals surface area contributed by atoms with Gasteiger partial charge in [0.1, 0.15) is 0 Å². The van der Waals surface area contributed by atoms with Crippen LogP contribution in [0.5, 0.6) is 0 Å². The number of aromatic nitrogens is 2. The van der Waals surface area contributed by atoms with Crippen molar-refractivity contribution in [2.75, 3.05) is 10.8 Å². The summed E-state index contributed by atoms with van der Waals surface area (Å²) in [6.45, 7) is 0.148. The van der Waals surface area contributed by atoms with E-state index in [4.69, 9.17) is 0 Å². The molecule has 0 radical (unpaired) electrons. The summed E-state index contributed by atoms with van der Waals surface area (Å²) in [7, 11) is -2.02. The minimum absolute atomic E-state index is 0.0100. The van der Waals surface area contributed by atoms with Crippen LogP contribution in [0.2, 0.25) is 0 Å². The lowest BCUT2D eigenvalue weighted by Crippen LogP contribution is -2.37. The molecule has 6 nitrogen and oxygen atoms in total. The van der Waals surface area contributed by atoms with Gasteiger partial charge in [0.2, 0.25) is 0 Å². The number of benzene rings is 1. The second-order valence-electron chi connectivity index (χ2n) is 4.64. The highest BCUT2D eigenvalue weighted by molar-refractivity contribution is 7.92. The van der Waals surface area contributed by atoms with Gasteiger partial charge in [-0.15, -0.1) is 0 Å². The molecule has 1 aliphatic rings. The van der Waals surface area contributed by atoms with E-state index in [2.05, 4.69) is 4.98 Å². The molecule has 1 aliphatic heterocycles. The molecule has 0 aliphatic carbocycles. The third kappa shape index (κ3) is 1.90. The molecule has 0 bridgehead atoms. The molecule has 2 heterocycles. The summed E-state index contributed by atoms with van der Waals surface area (Å²) in [6, 6.07) is 6.75. The van der Waals surface area contributed by atoms with Crippen molar-refractivity contribution in [1.29, 1.82) is 0 Å². The summed E-state index contributed by atoms with van der Waals surface area (Å²) < 4.78 is 28.1. The van der Waals surface area contributed by atoms with E-state index in [1.165, 1.54) is 16.8 Å². The summed E-state index contributed by atoms with van der Waals surface area (Å²) in [5, 5.41) is -0.0100. The van der Waals surface area contributed by atoms with Gasteiger partial charge in [-0.1, -0.05) is 12.1 Å². The number of imidazole rings is 1. The Hall–Kier alpha value is -2.15. The smallest absolute Gasteiger partial charge is 0.283 e. The first-order chi connectivity index (χ1) is 9.50. The van der Waals surface area contributed by atoms with E-state index in [9.17, 15) is 13.2 Å². The number of carbonyl (C=O) groups is 1. The average molecular weight is 291 g/mol. The van der Waals surface area contributed by atoms with Gasteiger partial charge in [-0.3, -0.25) is 9.10 Å². The summed E-state index contributed by atoms with van der Waals surface area (Å²) in [4.78, 5) is 15.8. The van der Waals surface area contributed by atoms with Crippen molar-refractivity contribution in [2.45, 2.75) is 11.4 Å². The maximum Gasteiger partial charge on any atom is 0.283 e. The molecule has 20 heavy (non-hydrogen) atoms. The predicted molar refractivity (Wildman–Crippen MR) is 73.1 cm³/mol. The van der Waals surface area contributed by atoms with Crippen LogP contribution in [0.25, 0.3) is 0 Å². The molecule has 0 spiro atoms. The molecule has 1 aromatic carbocycles. The van der Waals surface area contributed by atoms with E-state index in [1.54, 1.807) is 35.9 Å². The third-order valence-corrected chi connectivity index (χ3v) is 4.95. The lowest BCUT2D eigenvalue weighted by molar-refractivity contribution is 0.0982. The van der Waals surface area contributed by atoms with Crippen LogP contribution in [0.1, 0.15) is 16.8 Å². The first-order valence-electron chi connectivity index (χ1n) is 6.13. The number of carbonyl (C=O) groups excluding carboxylic acids is 1. The molecule has 104 valence electrons. The van der Waals surface area contributed by atoms with Crippen molar-refractivity contribution in [3.05, 3.63) is 42.4 Å². The Morgan fingerprint density at radius 1 is 1.25 bits per heavy atom. The quantitative estimate of drug-likeness (QED) is 0.833. The zero-order chi connectivity index (χ0) is 14.3. The molecule has 0 unspecified atom stereocenters. The normalized spacial score (nSPS) is 15.2. The Kier molecular flexibility index (Phi) is 2.86. The van der Waals surface area contributed by atoms with Gasteiger partial charge in [-0.05, 0) is 12.1 Å². The maximum absolute atomic E-state index is 12.6. The van der Waals surface area contributed by atoms with E-state index < -0.39 is 10.0 Å². The Morgan fingerprint density at radius 2 is 2.00 bits per heavy atom. The SMILES string of the molecule is Cn1cnc(S(=O)(=O)N2CCC(=O)c3ccccc32)c1. The summed E-state index contributed by atoms with van der Waals surface area (Å²) >= 11 is 0. The van der Waals surface area contributed by atoms with Crippen molar-refractivity contribution in [2.24, 2.45) is 7.05 Å². The highest BCUT2D eigenvalue weighted by atomic mass is 32.2. The summed E-state index contributed by atoms with van der Waals surface area (Å²) in [5.41, 5.74) is 0.868. The van der Waals surface area contributed by atoms with Gasteiger partial charge in [0.05, 0.1) is 12.0 Å². The van der Waals surface area contributed by atoms with Crippen molar-refractivity contribution in [3.8, 4) is 0 Å². The molecule has 1 aromatic heterocycles.